The number of aliphatic hydroxyl groups is 4. The molecule has 11 heteroatoms. The van der Waals surface area contributed by atoms with Crippen molar-refractivity contribution in [3.63, 3.8) is 0 Å². The minimum atomic E-state index is -0.614. The van der Waals surface area contributed by atoms with E-state index in [1.807, 2.05) is 0 Å². The molecule has 11 nitrogen and oxygen atoms in total. The van der Waals surface area contributed by atoms with Crippen LogP contribution >= 0.6 is 0 Å². The Labute approximate surface area is 263 Å². The smallest absolute Gasteiger partial charge is 0.302 e. The lowest BCUT2D eigenvalue weighted by Crippen LogP contribution is -2.50. The minimum absolute atomic E-state index is 0.0176. The zero-order valence-electron chi connectivity index (χ0n) is 27.0. The van der Waals surface area contributed by atoms with Crippen molar-refractivity contribution in [1.82, 2.24) is 5.32 Å². The summed E-state index contributed by atoms with van der Waals surface area (Å²) >= 11 is 0. The molecular weight excluding hydrogens is 568 g/mol. The summed E-state index contributed by atoms with van der Waals surface area (Å²) in [6, 6.07) is 0. The second kappa shape index (κ2) is 19.4. The molecule has 0 aromatic heterocycles. The average Bonchev–Trinajstić information content (AvgIpc) is 2.96. The number of carbonyl (C=O) groups excluding carboxylic acids is 2. The fourth-order valence-corrected chi connectivity index (χ4v) is 8.38. The molecule has 0 bridgehead atoms. The Balaban J connectivity index is 1.79. The van der Waals surface area contributed by atoms with Crippen LogP contribution in [-0.2, 0) is 23.8 Å². The Morgan fingerprint density at radius 1 is 0.909 bits per heavy atom. The number of nitrogens with one attached hydrogen (secondary N) is 1. The second-order valence-corrected chi connectivity index (χ2v) is 13.7. The highest BCUT2D eigenvalue weighted by atomic mass is 16.6. The Morgan fingerprint density at radius 2 is 1.64 bits per heavy atom. The molecule has 1 heterocycles. The molecule has 0 radical (unpaired) electrons. The van der Waals surface area contributed by atoms with Crippen LogP contribution in [0, 0.1) is 35.5 Å². The highest BCUT2D eigenvalue weighted by molar-refractivity contribution is 5.66. The molecule has 3 fully saturated rings. The van der Waals surface area contributed by atoms with Gasteiger partial charge in [-0.2, -0.15) is 0 Å². The predicted octanol–water partition coefficient (Wildman–Crippen LogP) is 2.26. The SMILES string of the molecule is CC(=O)OC(CCC1CC(OCCO)C(O)CC1C1CCNC(N)C1)CC(OC(C)=O)C1CC(CO)CCCC(CCO)C1. The van der Waals surface area contributed by atoms with Crippen LogP contribution < -0.4 is 11.1 Å². The number of esters is 2. The fourth-order valence-electron chi connectivity index (χ4n) is 8.38. The van der Waals surface area contributed by atoms with E-state index in [2.05, 4.69) is 5.32 Å². The summed E-state index contributed by atoms with van der Waals surface area (Å²) in [5.74, 6) is 0.435. The van der Waals surface area contributed by atoms with Gasteiger partial charge in [0.1, 0.15) is 12.2 Å². The molecule has 3 rings (SSSR count). The largest absolute Gasteiger partial charge is 0.462 e. The lowest BCUT2D eigenvalue weighted by atomic mass is 9.66. The third-order valence-electron chi connectivity index (χ3n) is 10.4. The van der Waals surface area contributed by atoms with Gasteiger partial charge in [0.15, 0.2) is 0 Å². The number of nitrogens with two attached hydrogens (primary N) is 1. The summed E-state index contributed by atoms with van der Waals surface area (Å²) in [4.78, 5) is 24.6. The van der Waals surface area contributed by atoms with Crippen LogP contribution in [0.25, 0.3) is 0 Å². The monoisotopic (exact) mass is 628 g/mol. The standard InChI is InChI=1S/C33H60N2O9/c1-21(39)43-28(18-31(44-22(2)40)27-14-23(9-11-36)4-3-5-24(15-27)20-38)7-6-25-16-32(42-13-12-37)30(41)19-29(25)26-8-10-35-33(34)17-26/h23-33,35-38,41H,3-20,34H2,1-2H3. The summed E-state index contributed by atoms with van der Waals surface area (Å²) in [7, 11) is 0. The van der Waals surface area contributed by atoms with Crippen molar-refractivity contribution in [2.24, 2.45) is 41.2 Å². The van der Waals surface area contributed by atoms with Gasteiger partial charge in [-0.25, -0.2) is 0 Å². The lowest BCUT2D eigenvalue weighted by molar-refractivity contribution is -0.157. The minimum Gasteiger partial charge on any atom is -0.462 e. The van der Waals surface area contributed by atoms with Crippen LogP contribution in [0.5, 0.6) is 0 Å². The third-order valence-corrected chi connectivity index (χ3v) is 10.4. The second-order valence-electron chi connectivity index (χ2n) is 13.7. The van der Waals surface area contributed by atoms with Gasteiger partial charge in [0.2, 0.25) is 0 Å². The third kappa shape index (κ3) is 12.1. The maximum absolute atomic E-state index is 12.3. The highest BCUT2D eigenvalue weighted by Crippen LogP contribution is 2.43. The first-order chi connectivity index (χ1) is 21.1. The number of hydrogen-bond acceptors (Lipinski definition) is 11. The number of piperidine rings is 1. The van der Waals surface area contributed by atoms with Gasteiger partial charge < -0.3 is 45.7 Å². The van der Waals surface area contributed by atoms with Crippen molar-refractivity contribution in [3.05, 3.63) is 0 Å². The van der Waals surface area contributed by atoms with Crippen molar-refractivity contribution >= 4 is 11.9 Å². The van der Waals surface area contributed by atoms with E-state index in [9.17, 15) is 30.0 Å². The van der Waals surface area contributed by atoms with Gasteiger partial charge in [0, 0.05) is 33.5 Å². The van der Waals surface area contributed by atoms with Gasteiger partial charge in [-0.05, 0) is 106 Å². The van der Waals surface area contributed by atoms with Gasteiger partial charge in [-0.1, -0.05) is 12.8 Å². The molecule has 2 aliphatic carbocycles. The Bertz CT molecular complexity index is 848. The van der Waals surface area contributed by atoms with Gasteiger partial charge in [-0.15, -0.1) is 0 Å². The molecule has 7 N–H and O–H groups in total. The molecule has 256 valence electrons. The van der Waals surface area contributed by atoms with Crippen LogP contribution in [0.2, 0.25) is 0 Å². The molecule has 0 aromatic rings. The van der Waals surface area contributed by atoms with Crippen molar-refractivity contribution in [2.75, 3.05) is 33.0 Å². The Kier molecular flexibility index (Phi) is 16.3. The normalized spacial score (nSPS) is 34.8. The van der Waals surface area contributed by atoms with Crippen LogP contribution in [0.4, 0.5) is 0 Å². The van der Waals surface area contributed by atoms with E-state index >= 15 is 0 Å². The predicted molar refractivity (Wildman–Crippen MR) is 165 cm³/mol. The highest BCUT2D eigenvalue weighted by Gasteiger charge is 2.42. The topological polar surface area (TPSA) is 181 Å². The molecule has 2 saturated carbocycles. The maximum Gasteiger partial charge on any atom is 0.302 e. The van der Waals surface area contributed by atoms with Gasteiger partial charge >= 0.3 is 11.9 Å². The van der Waals surface area contributed by atoms with Crippen LogP contribution in [0.3, 0.4) is 0 Å². The Morgan fingerprint density at radius 3 is 2.30 bits per heavy atom. The van der Waals surface area contributed by atoms with Crippen LogP contribution in [0.15, 0.2) is 0 Å². The quantitative estimate of drug-likeness (QED) is 0.146. The zero-order chi connectivity index (χ0) is 32.1. The first-order valence-electron chi connectivity index (χ1n) is 17.1. The number of aliphatic hydroxyl groups excluding tert-OH is 4. The summed E-state index contributed by atoms with van der Waals surface area (Å²) < 4.78 is 17.7. The summed E-state index contributed by atoms with van der Waals surface area (Å²) in [5, 5.41) is 43.3. The van der Waals surface area contributed by atoms with Crippen LogP contribution in [0.1, 0.15) is 97.3 Å². The average molecular weight is 629 g/mol. The molecule has 3 aliphatic rings. The molecule has 1 aliphatic heterocycles. The van der Waals surface area contributed by atoms with E-state index in [4.69, 9.17) is 19.9 Å². The summed E-state index contributed by atoms with van der Waals surface area (Å²) in [6.07, 6.45) is 7.80. The molecule has 11 atom stereocenters. The van der Waals surface area contributed by atoms with Crippen molar-refractivity contribution in [1.29, 1.82) is 0 Å². The van der Waals surface area contributed by atoms with E-state index in [0.717, 1.165) is 51.5 Å². The molecule has 0 spiro atoms. The molecule has 44 heavy (non-hydrogen) atoms. The van der Waals surface area contributed by atoms with E-state index in [0.29, 0.717) is 50.4 Å². The molecule has 0 aromatic carbocycles. The number of rotatable bonds is 15. The van der Waals surface area contributed by atoms with Crippen molar-refractivity contribution in [2.45, 2.75) is 128 Å². The molecule has 11 unspecified atom stereocenters. The van der Waals surface area contributed by atoms with Crippen molar-refractivity contribution < 1.29 is 44.2 Å². The lowest BCUT2D eigenvalue weighted by Gasteiger charge is -2.45. The maximum atomic E-state index is 12.3. The number of carbonyl (C=O) groups is 2. The first-order valence-corrected chi connectivity index (χ1v) is 17.1. The van der Waals surface area contributed by atoms with E-state index < -0.39 is 18.3 Å². The van der Waals surface area contributed by atoms with E-state index in [1.165, 1.54) is 13.8 Å². The van der Waals surface area contributed by atoms with E-state index in [1.54, 1.807) is 0 Å². The number of ether oxygens (including phenoxy) is 3. The first kappa shape index (κ1) is 37.1. The zero-order valence-corrected chi connectivity index (χ0v) is 27.0. The van der Waals surface area contributed by atoms with Gasteiger partial charge in [0.25, 0.3) is 0 Å². The fraction of sp³-hybridized carbons (Fsp3) is 0.939. The Hall–Kier alpha value is -1.34. The van der Waals surface area contributed by atoms with Crippen LogP contribution in [-0.4, -0.2) is 95.9 Å². The van der Waals surface area contributed by atoms with Gasteiger partial charge in [-0.3, -0.25) is 9.59 Å². The van der Waals surface area contributed by atoms with Gasteiger partial charge in [0.05, 0.1) is 31.6 Å². The summed E-state index contributed by atoms with van der Waals surface area (Å²) in [5.41, 5.74) is 6.26. The number of hydrogen-bond donors (Lipinski definition) is 6. The molecule has 0 amide bonds. The van der Waals surface area contributed by atoms with E-state index in [-0.39, 0.29) is 74.3 Å². The molecular formula is C33H60N2O9. The van der Waals surface area contributed by atoms with Crippen molar-refractivity contribution in [3.8, 4) is 0 Å². The summed E-state index contributed by atoms with van der Waals surface area (Å²) in [6.45, 7) is 3.89. The molecule has 1 saturated heterocycles.